The number of likely N-dealkylation sites (tertiary alicyclic amines) is 1. The molecule has 0 unspecified atom stereocenters. The van der Waals surface area contributed by atoms with Crippen molar-refractivity contribution in [2.45, 2.75) is 25.0 Å². The Bertz CT molecular complexity index is 1160. The maximum absolute atomic E-state index is 14.2. The average molecular weight is 436 g/mol. The molecule has 0 N–H and O–H groups in total. The summed E-state index contributed by atoms with van der Waals surface area (Å²) in [6, 6.07) is 16.8. The van der Waals surface area contributed by atoms with Crippen LogP contribution in [-0.4, -0.2) is 17.4 Å². The molecule has 1 amide bonds. The van der Waals surface area contributed by atoms with Gasteiger partial charge in [0.15, 0.2) is 11.6 Å². The second-order valence-corrected chi connectivity index (χ2v) is 7.54. The summed E-state index contributed by atoms with van der Waals surface area (Å²) in [4.78, 5) is 14.3. The molecule has 162 valence electrons. The number of hydrogen-bond donors (Lipinski definition) is 0. The van der Waals surface area contributed by atoms with Crippen molar-refractivity contribution in [2.24, 2.45) is 0 Å². The van der Waals surface area contributed by atoms with Crippen LogP contribution in [0.2, 0.25) is 0 Å². The van der Waals surface area contributed by atoms with Crippen molar-refractivity contribution < 1.29 is 22.7 Å². The molecule has 1 heterocycles. The molecule has 1 aliphatic rings. The number of benzene rings is 3. The predicted octanol–water partition coefficient (Wildman–Crippen LogP) is 5.46. The molecule has 4 nitrogen and oxygen atoms in total. The summed E-state index contributed by atoms with van der Waals surface area (Å²) in [6.45, 7) is 0.456. The molecule has 0 saturated carbocycles. The Morgan fingerprint density at radius 1 is 0.906 bits per heavy atom. The smallest absolute Gasteiger partial charge is 0.223 e. The standard InChI is InChI=1S/C25H19F3N2O2/c26-19-8-5-17(6-9-19)24(30-13-1-2-23(30)31)25(18-7-12-21(27)22(28)14-18)32-20-10-3-16(15-29)4-11-20/h3-12,14,24-25H,1-2,13H2/t24-,25+/m1/s1. The number of nitrogens with zero attached hydrogens (tertiary/aromatic N) is 2. The Balaban J connectivity index is 1.82. The van der Waals surface area contributed by atoms with Crippen LogP contribution in [0.15, 0.2) is 66.7 Å². The van der Waals surface area contributed by atoms with Gasteiger partial charge in [-0.25, -0.2) is 13.2 Å². The highest BCUT2D eigenvalue weighted by Crippen LogP contribution is 2.40. The average Bonchev–Trinajstić information content (AvgIpc) is 3.22. The SMILES string of the molecule is N#Cc1ccc(O[C@@H](c2ccc(F)c(F)c2)[C@@H](c2ccc(F)cc2)N2CCCC2=O)cc1. The lowest BCUT2D eigenvalue weighted by atomic mass is 9.93. The van der Waals surface area contributed by atoms with E-state index in [1.807, 2.05) is 6.07 Å². The van der Waals surface area contributed by atoms with Crippen LogP contribution in [0, 0.1) is 28.8 Å². The second kappa shape index (κ2) is 9.15. The van der Waals surface area contributed by atoms with Crippen molar-refractivity contribution in [3.05, 3.63) is 101 Å². The molecule has 0 spiro atoms. The van der Waals surface area contributed by atoms with Crippen molar-refractivity contribution in [3.8, 4) is 11.8 Å². The van der Waals surface area contributed by atoms with Crippen LogP contribution in [-0.2, 0) is 4.79 Å². The van der Waals surface area contributed by atoms with E-state index in [-0.39, 0.29) is 5.91 Å². The quantitative estimate of drug-likeness (QED) is 0.516. The minimum absolute atomic E-state index is 0.102. The molecular formula is C25H19F3N2O2. The number of rotatable bonds is 6. The summed E-state index contributed by atoms with van der Waals surface area (Å²) in [5.41, 5.74) is 1.36. The first-order valence-corrected chi connectivity index (χ1v) is 10.1. The van der Waals surface area contributed by atoms with E-state index in [9.17, 15) is 18.0 Å². The fourth-order valence-corrected chi connectivity index (χ4v) is 3.90. The van der Waals surface area contributed by atoms with Gasteiger partial charge in [0.25, 0.3) is 0 Å². The lowest BCUT2D eigenvalue weighted by Crippen LogP contribution is -2.36. The molecule has 1 aliphatic heterocycles. The number of carbonyl (C=O) groups excluding carboxylic acids is 1. The van der Waals surface area contributed by atoms with Gasteiger partial charge in [-0.1, -0.05) is 18.2 Å². The fraction of sp³-hybridized carbons (Fsp3) is 0.200. The number of ether oxygens (including phenoxy) is 1. The van der Waals surface area contributed by atoms with Gasteiger partial charge >= 0.3 is 0 Å². The molecule has 1 saturated heterocycles. The van der Waals surface area contributed by atoms with Gasteiger partial charge in [0, 0.05) is 13.0 Å². The first-order valence-electron chi connectivity index (χ1n) is 10.1. The van der Waals surface area contributed by atoms with Gasteiger partial charge in [-0.15, -0.1) is 0 Å². The largest absolute Gasteiger partial charge is 0.483 e. The Kier molecular flexibility index (Phi) is 6.13. The lowest BCUT2D eigenvalue weighted by Gasteiger charge is -2.35. The molecular weight excluding hydrogens is 417 g/mol. The lowest BCUT2D eigenvalue weighted by molar-refractivity contribution is -0.131. The number of nitriles is 1. The van der Waals surface area contributed by atoms with Crippen molar-refractivity contribution in [2.75, 3.05) is 6.54 Å². The zero-order valence-corrected chi connectivity index (χ0v) is 17.0. The fourth-order valence-electron chi connectivity index (χ4n) is 3.90. The summed E-state index contributed by atoms with van der Waals surface area (Å²) in [5, 5.41) is 9.03. The van der Waals surface area contributed by atoms with E-state index in [2.05, 4.69) is 0 Å². The van der Waals surface area contributed by atoms with Crippen LogP contribution in [0.3, 0.4) is 0 Å². The Morgan fingerprint density at radius 2 is 1.59 bits per heavy atom. The van der Waals surface area contributed by atoms with E-state index in [0.717, 1.165) is 12.1 Å². The highest BCUT2D eigenvalue weighted by Gasteiger charge is 2.37. The minimum Gasteiger partial charge on any atom is -0.483 e. The molecule has 2 atom stereocenters. The van der Waals surface area contributed by atoms with Gasteiger partial charge in [-0.05, 0) is 66.1 Å². The Hall–Kier alpha value is -3.79. The Morgan fingerprint density at radius 3 is 2.19 bits per heavy atom. The molecule has 0 aliphatic carbocycles. The molecule has 32 heavy (non-hydrogen) atoms. The summed E-state index contributed by atoms with van der Waals surface area (Å²) in [5.74, 6) is -2.19. The van der Waals surface area contributed by atoms with E-state index in [0.29, 0.717) is 41.8 Å². The van der Waals surface area contributed by atoms with E-state index >= 15 is 0 Å². The van der Waals surface area contributed by atoms with Gasteiger partial charge in [0.05, 0.1) is 17.7 Å². The highest BCUT2D eigenvalue weighted by atomic mass is 19.2. The third kappa shape index (κ3) is 4.45. The van der Waals surface area contributed by atoms with Gasteiger partial charge in [-0.2, -0.15) is 5.26 Å². The molecule has 4 rings (SSSR count). The maximum atomic E-state index is 14.2. The normalized spacial score (nSPS) is 15.3. The van der Waals surface area contributed by atoms with Crippen LogP contribution in [0.5, 0.6) is 5.75 Å². The zero-order valence-electron chi connectivity index (χ0n) is 17.0. The number of hydrogen-bond acceptors (Lipinski definition) is 3. The minimum atomic E-state index is -1.04. The molecule has 0 aromatic heterocycles. The summed E-state index contributed by atoms with van der Waals surface area (Å²) >= 11 is 0. The monoisotopic (exact) mass is 436 g/mol. The van der Waals surface area contributed by atoms with Crippen molar-refractivity contribution >= 4 is 5.91 Å². The summed E-state index contributed by atoms with van der Waals surface area (Å²) < 4.78 is 47.6. The Labute approximate surface area is 183 Å². The number of amides is 1. The van der Waals surface area contributed by atoms with E-state index in [1.165, 1.54) is 18.2 Å². The molecule has 1 fully saturated rings. The van der Waals surface area contributed by atoms with Crippen molar-refractivity contribution in [1.29, 1.82) is 5.26 Å². The summed E-state index contributed by atoms with van der Waals surface area (Å²) in [6.07, 6.45) is 0.0993. The van der Waals surface area contributed by atoms with Gasteiger partial charge in [0.2, 0.25) is 5.91 Å². The van der Waals surface area contributed by atoms with Crippen LogP contribution in [0.4, 0.5) is 13.2 Å². The van der Waals surface area contributed by atoms with Crippen molar-refractivity contribution in [1.82, 2.24) is 4.90 Å². The number of halogens is 3. The van der Waals surface area contributed by atoms with Crippen LogP contribution >= 0.6 is 0 Å². The zero-order chi connectivity index (χ0) is 22.7. The van der Waals surface area contributed by atoms with E-state index in [1.54, 1.807) is 41.3 Å². The van der Waals surface area contributed by atoms with Gasteiger partial charge < -0.3 is 9.64 Å². The summed E-state index contributed by atoms with van der Waals surface area (Å²) in [7, 11) is 0. The van der Waals surface area contributed by atoms with Crippen LogP contribution in [0.1, 0.15) is 41.7 Å². The molecule has 0 radical (unpaired) electrons. The predicted molar refractivity (Wildman–Crippen MR) is 111 cm³/mol. The molecule has 3 aromatic rings. The van der Waals surface area contributed by atoms with Crippen LogP contribution in [0.25, 0.3) is 0 Å². The van der Waals surface area contributed by atoms with Crippen molar-refractivity contribution in [3.63, 3.8) is 0 Å². The van der Waals surface area contributed by atoms with Crippen LogP contribution < -0.4 is 4.74 Å². The first kappa shape index (κ1) is 21.4. The van der Waals surface area contributed by atoms with Gasteiger partial charge in [0.1, 0.15) is 17.7 Å². The van der Waals surface area contributed by atoms with E-state index in [4.69, 9.17) is 10.00 Å². The topological polar surface area (TPSA) is 53.3 Å². The maximum Gasteiger partial charge on any atom is 0.223 e. The number of carbonyl (C=O) groups is 1. The second-order valence-electron chi connectivity index (χ2n) is 7.54. The molecule has 0 bridgehead atoms. The van der Waals surface area contributed by atoms with E-state index < -0.39 is 29.6 Å². The third-order valence-corrected chi connectivity index (χ3v) is 5.46. The molecule has 7 heteroatoms. The van der Waals surface area contributed by atoms with Gasteiger partial charge in [-0.3, -0.25) is 4.79 Å². The first-order chi connectivity index (χ1) is 15.5. The highest BCUT2D eigenvalue weighted by molar-refractivity contribution is 5.78. The molecule has 3 aromatic carbocycles. The third-order valence-electron chi connectivity index (χ3n) is 5.46.